The Morgan fingerprint density at radius 3 is 2.69 bits per heavy atom. The summed E-state index contributed by atoms with van der Waals surface area (Å²) < 4.78 is 0. The summed E-state index contributed by atoms with van der Waals surface area (Å²) in [5.41, 5.74) is 1.20. The Bertz CT molecular complexity index is 342. The minimum Gasteiger partial charge on any atom is -0.309 e. The third kappa shape index (κ3) is 2.83. The molecule has 2 rings (SSSR count). The van der Waals surface area contributed by atoms with Crippen molar-refractivity contribution in [2.75, 3.05) is 6.54 Å². The van der Waals surface area contributed by atoms with Crippen LogP contribution in [0.1, 0.15) is 54.2 Å². The van der Waals surface area contributed by atoms with E-state index in [1.54, 1.807) is 0 Å². The average Bonchev–Trinajstić information content (AvgIpc) is 2.49. The molecule has 1 aliphatic carbocycles. The van der Waals surface area contributed by atoms with E-state index in [9.17, 15) is 0 Å². The molecule has 1 N–H and O–H groups in total. The van der Waals surface area contributed by atoms with Gasteiger partial charge in [-0.1, -0.05) is 19.3 Å². The largest absolute Gasteiger partial charge is 0.309 e. The van der Waals surface area contributed by atoms with Gasteiger partial charge in [-0.05, 0) is 39.7 Å². The van der Waals surface area contributed by atoms with Gasteiger partial charge < -0.3 is 5.32 Å². The molecular weight excluding hydrogens is 216 g/mol. The average molecular weight is 238 g/mol. The van der Waals surface area contributed by atoms with E-state index in [-0.39, 0.29) is 0 Å². The number of aryl methyl sites for hydroxylation is 2. The highest BCUT2D eigenvalue weighted by atomic mass is 32.1. The summed E-state index contributed by atoms with van der Waals surface area (Å²) in [6.45, 7) is 7.61. The number of nitrogens with zero attached hydrogens (tertiary/aromatic N) is 1. The molecule has 1 unspecified atom stereocenters. The second kappa shape index (κ2) is 5.28. The maximum atomic E-state index is 4.48. The molecule has 1 saturated carbocycles. The van der Waals surface area contributed by atoms with Crippen molar-refractivity contribution in [1.82, 2.24) is 10.3 Å². The van der Waals surface area contributed by atoms with Gasteiger partial charge in [-0.25, -0.2) is 4.98 Å². The number of rotatable bonds is 5. The zero-order valence-electron chi connectivity index (χ0n) is 10.5. The van der Waals surface area contributed by atoms with Crippen LogP contribution in [0.2, 0.25) is 0 Å². The molecule has 1 fully saturated rings. The molecule has 0 saturated heterocycles. The third-order valence-corrected chi connectivity index (χ3v) is 4.82. The predicted octanol–water partition coefficient (Wildman–Crippen LogP) is 3.60. The van der Waals surface area contributed by atoms with Gasteiger partial charge in [0.05, 0.1) is 10.7 Å². The molecule has 1 aliphatic rings. The number of aromatic nitrogens is 1. The minimum absolute atomic E-state index is 0.464. The first-order valence-electron chi connectivity index (χ1n) is 6.34. The normalized spacial score (nSPS) is 18.4. The van der Waals surface area contributed by atoms with E-state index in [2.05, 4.69) is 31.1 Å². The molecule has 0 spiro atoms. The van der Waals surface area contributed by atoms with E-state index in [0.717, 1.165) is 12.5 Å². The lowest BCUT2D eigenvalue weighted by Crippen LogP contribution is -2.23. The van der Waals surface area contributed by atoms with Gasteiger partial charge in [0.15, 0.2) is 0 Å². The van der Waals surface area contributed by atoms with Crippen LogP contribution >= 0.6 is 11.3 Å². The van der Waals surface area contributed by atoms with Crippen LogP contribution in [0.3, 0.4) is 0 Å². The van der Waals surface area contributed by atoms with E-state index in [4.69, 9.17) is 0 Å². The molecule has 3 heteroatoms. The third-order valence-electron chi connectivity index (χ3n) is 3.56. The van der Waals surface area contributed by atoms with Gasteiger partial charge in [0.25, 0.3) is 0 Å². The maximum absolute atomic E-state index is 4.48. The summed E-state index contributed by atoms with van der Waals surface area (Å²) in [6, 6.07) is 0.464. The van der Waals surface area contributed by atoms with Crippen molar-refractivity contribution >= 4 is 11.3 Å². The summed E-state index contributed by atoms with van der Waals surface area (Å²) >= 11 is 1.83. The number of nitrogens with one attached hydrogen (secondary N) is 1. The van der Waals surface area contributed by atoms with Gasteiger partial charge >= 0.3 is 0 Å². The summed E-state index contributed by atoms with van der Waals surface area (Å²) in [7, 11) is 0. The molecule has 90 valence electrons. The van der Waals surface area contributed by atoms with Gasteiger partial charge in [-0.2, -0.15) is 0 Å². The van der Waals surface area contributed by atoms with Crippen molar-refractivity contribution in [3.63, 3.8) is 0 Å². The summed E-state index contributed by atoms with van der Waals surface area (Å²) in [5.74, 6) is 1.00. The lowest BCUT2D eigenvalue weighted by molar-refractivity contribution is 0.289. The SMILES string of the molecule is Cc1nc(C)c(C(C)NCCC2CCC2)s1. The van der Waals surface area contributed by atoms with Gasteiger partial charge in [-0.3, -0.25) is 0 Å². The van der Waals surface area contributed by atoms with E-state index in [1.165, 1.54) is 41.3 Å². The van der Waals surface area contributed by atoms with Crippen LogP contribution in [0, 0.1) is 19.8 Å². The highest BCUT2D eigenvalue weighted by Gasteiger charge is 2.17. The van der Waals surface area contributed by atoms with Crippen molar-refractivity contribution in [1.29, 1.82) is 0 Å². The van der Waals surface area contributed by atoms with Crippen molar-refractivity contribution in [2.24, 2.45) is 5.92 Å². The van der Waals surface area contributed by atoms with Gasteiger partial charge in [0.1, 0.15) is 0 Å². The predicted molar refractivity (Wildman–Crippen MR) is 70.0 cm³/mol. The van der Waals surface area contributed by atoms with Crippen molar-refractivity contribution in [3.8, 4) is 0 Å². The number of hydrogen-bond donors (Lipinski definition) is 1. The first-order chi connectivity index (χ1) is 7.66. The van der Waals surface area contributed by atoms with E-state index >= 15 is 0 Å². The quantitative estimate of drug-likeness (QED) is 0.848. The van der Waals surface area contributed by atoms with Crippen molar-refractivity contribution in [2.45, 2.75) is 52.5 Å². The topological polar surface area (TPSA) is 24.9 Å². The molecule has 2 nitrogen and oxygen atoms in total. The lowest BCUT2D eigenvalue weighted by Gasteiger charge is -2.26. The van der Waals surface area contributed by atoms with E-state index in [1.807, 2.05) is 11.3 Å². The summed E-state index contributed by atoms with van der Waals surface area (Å²) in [5, 5.41) is 4.80. The standard InChI is InChI=1S/C13H22N2S/c1-9(13-10(2)15-11(3)16-13)14-8-7-12-5-4-6-12/h9,12,14H,4-8H2,1-3H3. The molecule has 0 aromatic carbocycles. The fourth-order valence-corrected chi connectivity index (χ4v) is 3.28. The molecule has 0 aliphatic heterocycles. The Hall–Kier alpha value is -0.410. The minimum atomic E-state index is 0.464. The van der Waals surface area contributed by atoms with Crippen molar-refractivity contribution in [3.05, 3.63) is 15.6 Å². The Balaban J connectivity index is 1.78. The van der Waals surface area contributed by atoms with Crippen molar-refractivity contribution < 1.29 is 0 Å². The molecule has 16 heavy (non-hydrogen) atoms. The van der Waals surface area contributed by atoms with Crippen LogP contribution in [0.25, 0.3) is 0 Å². The molecule has 1 aromatic heterocycles. The zero-order chi connectivity index (χ0) is 11.5. The Kier molecular flexibility index (Phi) is 3.98. The lowest BCUT2D eigenvalue weighted by atomic mass is 9.83. The van der Waals surface area contributed by atoms with Crippen LogP contribution in [-0.2, 0) is 0 Å². The van der Waals surface area contributed by atoms with Gasteiger partial charge in [-0.15, -0.1) is 11.3 Å². The highest BCUT2D eigenvalue weighted by molar-refractivity contribution is 7.11. The van der Waals surface area contributed by atoms with E-state index < -0.39 is 0 Å². The fourth-order valence-electron chi connectivity index (χ4n) is 2.33. The van der Waals surface area contributed by atoms with Gasteiger partial charge in [0.2, 0.25) is 0 Å². The second-order valence-corrected chi connectivity index (χ2v) is 6.18. The molecule has 1 aromatic rings. The Morgan fingerprint density at radius 2 is 2.19 bits per heavy atom. The smallest absolute Gasteiger partial charge is 0.0900 e. The fraction of sp³-hybridized carbons (Fsp3) is 0.769. The summed E-state index contributed by atoms with van der Waals surface area (Å²) in [4.78, 5) is 5.89. The first kappa shape index (κ1) is 12.1. The van der Waals surface area contributed by atoms with Crippen LogP contribution < -0.4 is 5.32 Å². The number of hydrogen-bond acceptors (Lipinski definition) is 3. The second-order valence-electron chi connectivity index (χ2n) is 4.94. The molecular formula is C13H22N2S. The van der Waals surface area contributed by atoms with Crippen LogP contribution in [0.4, 0.5) is 0 Å². The Morgan fingerprint density at radius 1 is 1.44 bits per heavy atom. The molecule has 0 bridgehead atoms. The first-order valence-corrected chi connectivity index (χ1v) is 7.15. The molecule has 0 amide bonds. The van der Waals surface area contributed by atoms with Crippen LogP contribution in [0.15, 0.2) is 0 Å². The van der Waals surface area contributed by atoms with Crippen LogP contribution in [-0.4, -0.2) is 11.5 Å². The zero-order valence-corrected chi connectivity index (χ0v) is 11.4. The maximum Gasteiger partial charge on any atom is 0.0900 e. The Labute approximate surface area is 102 Å². The van der Waals surface area contributed by atoms with Gasteiger partial charge in [0, 0.05) is 10.9 Å². The van der Waals surface area contributed by atoms with Crippen LogP contribution in [0.5, 0.6) is 0 Å². The molecule has 0 radical (unpaired) electrons. The number of thiazole rings is 1. The molecule has 1 heterocycles. The molecule has 1 atom stereocenters. The summed E-state index contributed by atoms with van der Waals surface area (Å²) in [6.07, 6.45) is 5.71. The van der Waals surface area contributed by atoms with E-state index in [0.29, 0.717) is 6.04 Å². The monoisotopic (exact) mass is 238 g/mol. The highest BCUT2D eigenvalue weighted by Crippen LogP contribution is 2.29.